The highest BCUT2D eigenvalue weighted by atomic mass is 16.6. The maximum atomic E-state index is 12.7. The van der Waals surface area contributed by atoms with E-state index < -0.39 is 0 Å². The van der Waals surface area contributed by atoms with Crippen LogP contribution in [-0.4, -0.2) is 61.0 Å². The normalized spacial score (nSPS) is 17.2. The summed E-state index contributed by atoms with van der Waals surface area (Å²) in [5.41, 5.74) is 0.927. The first-order chi connectivity index (χ1) is 12.5. The fourth-order valence-corrected chi connectivity index (χ4v) is 3.38. The smallest absolute Gasteiger partial charge is 0.227 e. The Morgan fingerprint density at radius 1 is 0.962 bits per heavy atom. The molecule has 0 unspecified atom stereocenters. The molecule has 6 heteroatoms. The van der Waals surface area contributed by atoms with Gasteiger partial charge in [0.25, 0.3) is 0 Å². The minimum atomic E-state index is 0.0971. The highest BCUT2D eigenvalue weighted by Crippen LogP contribution is 2.31. The first-order valence-corrected chi connectivity index (χ1v) is 9.47. The van der Waals surface area contributed by atoms with Gasteiger partial charge in [-0.1, -0.05) is 19.9 Å². The molecule has 0 radical (unpaired) electrons. The fraction of sp³-hybridized carbons (Fsp3) is 0.600. The van der Waals surface area contributed by atoms with Gasteiger partial charge in [-0.2, -0.15) is 0 Å². The molecule has 1 fully saturated rings. The van der Waals surface area contributed by atoms with Gasteiger partial charge in [-0.05, 0) is 30.0 Å². The van der Waals surface area contributed by atoms with E-state index in [0.717, 1.165) is 24.3 Å². The summed E-state index contributed by atoms with van der Waals surface area (Å²) >= 11 is 0. The predicted molar refractivity (Wildman–Crippen MR) is 98.4 cm³/mol. The number of fused-ring (bicyclic) bond motifs is 1. The lowest BCUT2D eigenvalue weighted by atomic mass is 10.1. The van der Waals surface area contributed by atoms with Crippen LogP contribution in [0.25, 0.3) is 0 Å². The van der Waals surface area contributed by atoms with Crippen LogP contribution < -0.4 is 9.47 Å². The maximum absolute atomic E-state index is 12.7. The third-order valence-electron chi connectivity index (χ3n) is 4.75. The number of hydrogen-bond donors (Lipinski definition) is 0. The zero-order valence-electron chi connectivity index (χ0n) is 15.7. The largest absolute Gasteiger partial charge is 0.486 e. The van der Waals surface area contributed by atoms with Gasteiger partial charge in [0.1, 0.15) is 13.2 Å². The van der Waals surface area contributed by atoms with Crippen molar-refractivity contribution in [1.29, 1.82) is 0 Å². The number of carbonyl (C=O) groups is 2. The predicted octanol–water partition coefficient (Wildman–Crippen LogP) is 2.11. The Balaban J connectivity index is 1.56. The molecule has 6 nitrogen and oxygen atoms in total. The molecule has 0 N–H and O–H groups in total. The van der Waals surface area contributed by atoms with Crippen molar-refractivity contribution in [3.63, 3.8) is 0 Å². The Bertz CT molecular complexity index is 659. The van der Waals surface area contributed by atoms with Gasteiger partial charge in [-0.25, -0.2) is 0 Å². The molecule has 0 saturated carbocycles. The van der Waals surface area contributed by atoms with Gasteiger partial charge in [-0.15, -0.1) is 0 Å². The summed E-state index contributed by atoms with van der Waals surface area (Å²) in [4.78, 5) is 28.7. The minimum absolute atomic E-state index is 0.0971. The van der Waals surface area contributed by atoms with E-state index in [9.17, 15) is 9.59 Å². The van der Waals surface area contributed by atoms with Crippen molar-refractivity contribution in [3.05, 3.63) is 23.8 Å². The van der Waals surface area contributed by atoms with Crippen LogP contribution in [0.3, 0.4) is 0 Å². The van der Waals surface area contributed by atoms with Crippen molar-refractivity contribution in [2.45, 2.75) is 33.1 Å². The third-order valence-corrected chi connectivity index (χ3v) is 4.75. The molecule has 0 aliphatic carbocycles. The second-order valence-electron chi connectivity index (χ2n) is 7.37. The van der Waals surface area contributed by atoms with Crippen LogP contribution >= 0.6 is 0 Å². The van der Waals surface area contributed by atoms with Gasteiger partial charge in [0.2, 0.25) is 11.8 Å². The van der Waals surface area contributed by atoms with Crippen molar-refractivity contribution >= 4 is 11.8 Å². The van der Waals surface area contributed by atoms with Crippen LogP contribution in [0.2, 0.25) is 0 Å². The summed E-state index contributed by atoms with van der Waals surface area (Å²) in [6, 6.07) is 5.68. The number of nitrogens with zero attached hydrogens (tertiary/aromatic N) is 2. The number of amides is 2. The molecule has 26 heavy (non-hydrogen) atoms. The molecule has 0 bridgehead atoms. The Morgan fingerprint density at radius 2 is 1.62 bits per heavy atom. The van der Waals surface area contributed by atoms with Gasteiger partial charge in [0.15, 0.2) is 11.5 Å². The van der Waals surface area contributed by atoms with Gasteiger partial charge >= 0.3 is 0 Å². The van der Waals surface area contributed by atoms with Crippen LogP contribution in [0, 0.1) is 5.92 Å². The van der Waals surface area contributed by atoms with Crippen LogP contribution in [0.15, 0.2) is 18.2 Å². The van der Waals surface area contributed by atoms with Crippen LogP contribution in [-0.2, 0) is 16.0 Å². The lowest BCUT2D eigenvalue weighted by molar-refractivity contribution is -0.133. The van der Waals surface area contributed by atoms with E-state index in [1.54, 1.807) is 0 Å². The third kappa shape index (κ3) is 4.68. The van der Waals surface area contributed by atoms with E-state index in [-0.39, 0.29) is 11.8 Å². The van der Waals surface area contributed by atoms with Crippen LogP contribution in [0.1, 0.15) is 32.3 Å². The molecule has 1 aromatic rings. The number of ether oxygens (including phenoxy) is 2. The average molecular weight is 360 g/mol. The van der Waals surface area contributed by atoms with Gasteiger partial charge in [0, 0.05) is 32.6 Å². The van der Waals surface area contributed by atoms with Crippen molar-refractivity contribution in [1.82, 2.24) is 9.80 Å². The zero-order chi connectivity index (χ0) is 18.5. The average Bonchev–Trinajstić information content (AvgIpc) is 2.87. The number of rotatable bonds is 4. The van der Waals surface area contributed by atoms with E-state index in [0.29, 0.717) is 57.4 Å². The lowest BCUT2D eigenvalue weighted by Gasteiger charge is -2.23. The molecule has 1 aromatic carbocycles. The first kappa shape index (κ1) is 18.5. The van der Waals surface area contributed by atoms with E-state index in [1.165, 1.54) is 0 Å². The standard InChI is InChI=1S/C20H28N2O4/c1-15(2)12-19(23)21-6-3-7-22(9-8-21)20(24)14-16-4-5-17-18(13-16)26-11-10-25-17/h4-5,13,15H,3,6-12,14H2,1-2H3. The SMILES string of the molecule is CC(C)CC(=O)N1CCCN(C(=O)Cc2ccc3c(c2)OCCO3)CC1. The van der Waals surface area contributed by atoms with Gasteiger partial charge in [-0.3, -0.25) is 9.59 Å². The number of hydrogen-bond acceptors (Lipinski definition) is 4. The quantitative estimate of drug-likeness (QED) is 0.825. The van der Waals surface area contributed by atoms with Gasteiger partial charge in [0.05, 0.1) is 6.42 Å². The lowest BCUT2D eigenvalue weighted by Crippen LogP contribution is -2.38. The molecule has 0 aromatic heterocycles. The van der Waals surface area contributed by atoms with Crippen molar-refractivity contribution in [2.24, 2.45) is 5.92 Å². The molecule has 2 aliphatic rings. The van der Waals surface area contributed by atoms with Crippen LogP contribution in [0.4, 0.5) is 0 Å². The van der Waals surface area contributed by atoms with E-state index in [2.05, 4.69) is 13.8 Å². The van der Waals surface area contributed by atoms with E-state index >= 15 is 0 Å². The molecule has 3 rings (SSSR count). The molecule has 142 valence electrons. The first-order valence-electron chi connectivity index (χ1n) is 9.47. The molecule has 2 aliphatic heterocycles. The summed E-state index contributed by atoms with van der Waals surface area (Å²) < 4.78 is 11.1. The molecule has 1 saturated heterocycles. The summed E-state index contributed by atoms with van der Waals surface area (Å²) in [7, 11) is 0. The summed E-state index contributed by atoms with van der Waals surface area (Å²) in [5.74, 6) is 2.10. The Labute approximate surface area is 155 Å². The molecule has 0 atom stereocenters. The van der Waals surface area contributed by atoms with Crippen LogP contribution in [0.5, 0.6) is 11.5 Å². The highest BCUT2D eigenvalue weighted by Gasteiger charge is 2.23. The zero-order valence-corrected chi connectivity index (χ0v) is 15.7. The van der Waals surface area contributed by atoms with Crippen molar-refractivity contribution in [3.8, 4) is 11.5 Å². The second kappa shape index (κ2) is 8.43. The van der Waals surface area contributed by atoms with E-state index in [4.69, 9.17) is 9.47 Å². The van der Waals surface area contributed by atoms with E-state index in [1.807, 2.05) is 28.0 Å². The number of carbonyl (C=O) groups excluding carboxylic acids is 2. The van der Waals surface area contributed by atoms with Crippen molar-refractivity contribution in [2.75, 3.05) is 39.4 Å². The second-order valence-corrected chi connectivity index (χ2v) is 7.37. The molecular weight excluding hydrogens is 332 g/mol. The monoisotopic (exact) mass is 360 g/mol. The summed E-state index contributed by atoms with van der Waals surface area (Å²) in [6.45, 7) is 7.87. The fourth-order valence-electron chi connectivity index (χ4n) is 3.38. The van der Waals surface area contributed by atoms with Crippen molar-refractivity contribution < 1.29 is 19.1 Å². The minimum Gasteiger partial charge on any atom is -0.486 e. The summed E-state index contributed by atoms with van der Waals surface area (Å²) in [6.07, 6.45) is 1.75. The Kier molecular flexibility index (Phi) is 6.01. The highest BCUT2D eigenvalue weighted by molar-refractivity contribution is 5.79. The number of benzene rings is 1. The Hall–Kier alpha value is -2.24. The molecule has 2 amide bonds. The Morgan fingerprint density at radius 3 is 2.31 bits per heavy atom. The van der Waals surface area contributed by atoms with Gasteiger partial charge < -0.3 is 19.3 Å². The molecule has 2 heterocycles. The molecule has 0 spiro atoms. The maximum Gasteiger partial charge on any atom is 0.227 e. The molecular formula is C20H28N2O4. The topological polar surface area (TPSA) is 59.1 Å². The summed E-state index contributed by atoms with van der Waals surface area (Å²) in [5, 5.41) is 0.